The van der Waals surface area contributed by atoms with E-state index in [0.717, 1.165) is 22.3 Å². The van der Waals surface area contributed by atoms with Crippen molar-refractivity contribution in [3.8, 4) is 0 Å². The maximum absolute atomic E-state index is 12.0. The summed E-state index contributed by atoms with van der Waals surface area (Å²) in [6.45, 7) is 3.19. The van der Waals surface area contributed by atoms with Crippen molar-refractivity contribution >= 4 is 39.2 Å². The predicted molar refractivity (Wildman–Crippen MR) is 77.4 cm³/mol. The summed E-state index contributed by atoms with van der Waals surface area (Å²) in [4.78, 5) is 14.7. The normalized spacial score (nSPS) is 24.7. The minimum atomic E-state index is -0.396. The van der Waals surface area contributed by atoms with Gasteiger partial charge < -0.3 is 10.0 Å². The fourth-order valence-corrected chi connectivity index (χ4v) is 3.26. The average molecular weight is 330 g/mol. The molecule has 0 aromatic carbocycles. The van der Waals surface area contributed by atoms with Crippen LogP contribution in [0.25, 0.3) is 6.08 Å². The second kappa shape index (κ2) is 5.99. The first-order valence-electron chi connectivity index (χ1n) is 5.95. The Kier molecular flexibility index (Phi) is 4.59. The smallest absolute Gasteiger partial charge is 0.246 e. The van der Waals surface area contributed by atoms with Crippen LogP contribution in [0.4, 0.5) is 0 Å². The Bertz CT molecular complexity index is 458. The minimum absolute atomic E-state index is 0.0227. The van der Waals surface area contributed by atoms with E-state index in [0.29, 0.717) is 6.54 Å². The van der Waals surface area contributed by atoms with Crippen molar-refractivity contribution in [2.75, 3.05) is 13.1 Å². The number of aliphatic hydroxyl groups excluding tert-OH is 1. The molecule has 5 heteroatoms. The Morgan fingerprint density at radius 2 is 2.44 bits per heavy atom. The molecule has 1 aromatic rings. The number of rotatable bonds is 2. The molecule has 0 aliphatic carbocycles. The molecule has 2 unspecified atom stereocenters. The number of carbonyl (C=O) groups excluding carboxylic acids is 1. The van der Waals surface area contributed by atoms with Gasteiger partial charge in [0.1, 0.15) is 0 Å². The van der Waals surface area contributed by atoms with E-state index in [1.54, 1.807) is 22.3 Å². The lowest BCUT2D eigenvalue weighted by molar-refractivity contribution is -0.130. The molecule has 2 heterocycles. The molecule has 3 nitrogen and oxygen atoms in total. The highest BCUT2D eigenvalue weighted by atomic mass is 79.9. The van der Waals surface area contributed by atoms with E-state index in [-0.39, 0.29) is 11.8 Å². The van der Waals surface area contributed by atoms with Gasteiger partial charge in [0.25, 0.3) is 0 Å². The average Bonchev–Trinajstić information content (AvgIpc) is 2.75. The highest BCUT2D eigenvalue weighted by molar-refractivity contribution is 9.10. The van der Waals surface area contributed by atoms with Crippen molar-refractivity contribution in [1.82, 2.24) is 4.90 Å². The first kappa shape index (κ1) is 13.8. The molecule has 1 aromatic heterocycles. The molecular weight excluding hydrogens is 314 g/mol. The van der Waals surface area contributed by atoms with E-state index in [9.17, 15) is 9.90 Å². The van der Waals surface area contributed by atoms with Gasteiger partial charge in [0, 0.05) is 33.9 Å². The van der Waals surface area contributed by atoms with Crippen molar-refractivity contribution in [3.05, 3.63) is 26.9 Å². The Morgan fingerprint density at radius 1 is 1.67 bits per heavy atom. The van der Waals surface area contributed by atoms with Crippen LogP contribution in [0.1, 0.15) is 18.2 Å². The van der Waals surface area contributed by atoms with Crippen LogP contribution in [-0.2, 0) is 4.79 Å². The first-order chi connectivity index (χ1) is 8.56. The zero-order valence-electron chi connectivity index (χ0n) is 10.2. The van der Waals surface area contributed by atoms with E-state index in [4.69, 9.17) is 0 Å². The van der Waals surface area contributed by atoms with E-state index in [2.05, 4.69) is 15.9 Å². The van der Waals surface area contributed by atoms with Crippen LogP contribution in [0.2, 0.25) is 0 Å². The maximum Gasteiger partial charge on any atom is 0.246 e. The van der Waals surface area contributed by atoms with Gasteiger partial charge in [-0.3, -0.25) is 4.79 Å². The lowest BCUT2D eigenvalue weighted by Gasteiger charge is -2.33. The summed E-state index contributed by atoms with van der Waals surface area (Å²) >= 11 is 4.96. The molecule has 0 spiro atoms. The van der Waals surface area contributed by atoms with Crippen molar-refractivity contribution in [2.45, 2.75) is 19.4 Å². The highest BCUT2D eigenvalue weighted by Crippen LogP contribution is 2.21. The van der Waals surface area contributed by atoms with E-state index in [1.165, 1.54) is 0 Å². The lowest BCUT2D eigenvalue weighted by Crippen LogP contribution is -2.45. The van der Waals surface area contributed by atoms with Crippen LogP contribution < -0.4 is 0 Å². The molecular formula is C13H16BrNO2S. The number of hydrogen-bond donors (Lipinski definition) is 1. The highest BCUT2D eigenvalue weighted by Gasteiger charge is 2.26. The zero-order chi connectivity index (χ0) is 13.1. The molecule has 1 aliphatic heterocycles. The molecule has 0 bridgehead atoms. The fourth-order valence-electron chi connectivity index (χ4n) is 1.92. The zero-order valence-corrected chi connectivity index (χ0v) is 12.6. The molecule has 0 saturated carbocycles. The number of aliphatic hydroxyl groups is 1. The third-order valence-electron chi connectivity index (χ3n) is 3.21. The minimum Gasteiger partial charge on any atom is -0.391 e. The van der Waals surface area contributed by atoms with Gasteiger partial charge >= 0.3 is 0 Å². The summed E-state index contributed by atoms with van der Waals surface area (Å²) in [6.07, 6.45) is 3.88. The SMILES string of the molecule is CC1CCN(C(=O)/C=C/c2cc(Br)cs2)CC1O. The number of nitrogens with zero attached hydrogens (tertiary/aromatic N) is 1. The Hall–Kier alpha value is -0.650. The molecule has 18 heavy (non-hydrogen) atoms. The van der Waals surface area contributed by atoms with Crippen LogP contribution in [0, 0.1) is 5.92 Å². The van der Waals surface area contributed by atoms with Gasteiger partial charge in [0.15, 0.2) is 0 Å². The van der Waals surface area contributed by atoms with Gasteiger partial charge in [-0.15, -0.1) is 11.3 Å². The molecule has 1 N–H and O–H groups in total. The number of β-amino-alcohol motifs (C(OH)–C–C–N with tert-alkyl or cyclic N) is 1. The van der Waals surface area contributed by atoms with Crippen molar-refractivity contribution in [2.24, 2.45) is 5.92 Å². The number of thiophene rings is 1. The number of piperidine rings is 1. The second-order valence-corrected chi connectivity index (χ2v) is 6.48. The quantitative estimate of drug-likeness (QED) is 0.847. The lowest BCUT2D eigenvalue weighted by atomic mass is 9.96. The fraction of sp³-hybridized carbons (Fsp3) is 0.462. The summed E-state index contributed by atoms with van der Waals surface area (Å²) in [5, 5.41) is 11.7. The maximum atomic E-state index is 12.0. The number of hydrogen-bond acceptors (Lipinski definition) is 3. The molecule has 98 valence electrons. The van der Waals surface area contributed by atoms with Gasteiger partial charge in [0.2, 0.25) is 5.91 Å². The molecule has 2 atom stereocenters. The van der Waals surface area contributed by atoms with Gasteiger partial charge in [-0.05, 0) is 40.4 Å². The molecule has 1 aliphatic rings. The van der Waals surface area contributed by atoms with Crippen LogP contribution in [0.5, 0.6) is 0 Å². The second-order valence-electron chi connectivity index (χ2n) is 4.62. The summed E-state index contributed by atoms with van der Waals surface area (Å²) in [6, 6.07) is 1.97. The number of carbonyl (C=O) groups is 1. The predicted octanol–water partition coefficient (Wildman–Crippen LogP) is 2.75. The molecule has 1 amide bonds. The Labute approximate surface area is 119 Å². The topological polar surface area (TPSA) is 40.5 Å². The third-order valence-corrected chi connectivity index (χ3v) is 4.87. The monoisotopic (exact) mass is 329 g/mol. The number of halogens is 1. The summed E-state index contributed by atoms with van der Waals surface area (Å²) in [5.74, 6) is 0.261. The van der Waals surface area contributed by atoms with Crippen molar-refractivity contribution in [1.29, 1.82) is 0 Å². The Balaban J connectivity index is 1.94. The van der Waals surface area contributed by atoms with Crippen molar-refractivity contribution in [3.63, 3.8) is 0 Å². The van der Waals surface area contributed by atoms with Gasteiger partial charge in [-0.25, -0.2) is 0 Å². The third kappa shape index (κ3) is 3.43. The van der Waals surface area contributed by atoms with Gasteiger partial charge in [-0.2, -0.15) is 0 Å². The van der Waals surface area contributed by atoms with Crippen LogP contribution >= 0.6 is 27.3 Å². The number of amides is 1. The summed E-state index contributed by atoms with van der Waals surface area (Å²) in [7, 11) is 0. The molecule has 1 saturated heterocycles. The van der Waals surface area contributed by atoms with E-state index >= 15 is 0 Å². The first-order valence-corrected chi connectivity index (χ1v) is 7.62. The number of likely N-dealkylation sites (tertiary alicyclic amines) is 1. The largest absolute Gasteiger partial charge is 0.391 e. The van der Waals surface area contributed by atoms with E-state index < -0.39 is 6.10 Å². The standard InChI is InChI=1S/C13H16BrNO2S/c1-9-4-5-15(7-12(9)16)13(17)3-2-11-6-10(14)8-18-11/h2-3,6,8-9,12,16H,4-5,7H2,1H3/b3-2+. The summed E-state index contributed by atoms with van der Waals surface area (Å²) in [5.41, 5.74) is 0. The Morgan fingerprint density at radius 3 is 3.06 bits per heavy atom. The molecule has 2 rings (SSSR count). The van der Waals surface area contributed by atoms with Crippen LogP contribution in [0.15, 0.2) is 22.0 Å². The molecule has 0 radical (unpaired) electrons. The molecule has 1 fully saturated rings. The van der Waals surface area contributed by atoms with E-state index in [1.807, 2.05) is 24.4 Å². The van der Waals surface area contributed by atoms with Crippen LogP contribution in [-0.4, -0.2) is 35.1 Å². The summed E-state index contributed by atoms with van der Waals surface area (Å²) < 4.78 is 1.03. The van der Waals surface area contributed by atoms with Crippen LogP contribution in [0.3, 0.4) is 0 Å². The van der Waals surface area contributed by atoms with Gasteiger partial charge in [0.05, 0.1) is 6.10 Å². The van der Waals surface area contributed by atoms with Crippen molar-refractivity contribution < 1.29 is 9.90 Å². The van der Waals surface area contributed by atoms with Gasteiger partial charge in [-0.1, -0.05) is 6.92 Å².